The average Bonchev–Trinajstić information content (AvgIpc) is 2.82. The molecule has 0 atom stereocenters. The Balaban J connectivity index is 2.12. The van der Waals surface area contributed by atoms with Crippen molar-refractivity contribution in [2.75, 3.05) is 11.9 Å². The Morgan fingerprint density at radius 3 is 3.00 bits per heavy atom. The van der Waals surface area contributed by atoms with Crippen LogP contribution in [-0.2, 0) is 6.42 Å². The molecule has 90 valence electrons. The molecule has 5 nitrogen and oxygen atoms in total. The summed E-state index contributed by atoms with van der Waals surface area (Å²) in [6.07, 6.45) is 1.51. The first kappa shape index (κ1) is 11.8. The van der Waals surface area contributed by atoms with E-state index >= 15 is 0 Å². The number of aromatic amines is 1. The molecule has 0 saturated heterocycles. The van der Waals surface area contributed by atoms with Crippen molar-refractivity contribution in [2.24, 2.45) is 0 Å². The van der Waals surface area contributed by atoms with E-state index in [4.69, 9.17) is 0 Å². The molecule has 0 aromatic carbocycles. The van der Waals surface area contributed by atoms with E-state index in [1.807, 2.05) is 24.4 Å². The van der Waals surface area contributed by atoms with Crippen molar-refractivity contribution in [3.63, 3.8) is 0 Å². The first-order chi connectivity index (χ1) is 8.29. The molecule has 17 heavy (non-hydrogen) atoms. The highest BCUT2D eigenvalue weighted by molar-refractivity contribution is 7.09. The number of hydrogen-bond donors (Lipinski definition) is 2. The first-order valence-corrected chi connectivity index (χ1v) is 6.39. The molecule has 0 aliphatic rings. The van der Waals surface area contributed by atoms with Gasteiger partial charge in [-0.2, -0.15) is 0 Å². The van der Waals surface area contributed by atoms with Gasteiger partial charge in [-0.15, -0.1) is 21.5 Å². The summed E-state index contributed by atoms with van der Waals surface area (Å²) in [6.45, 7) is 2.82. The van der Waals surface area contributed by atoms with Crippen LogP contribution in [0, 0.1) is 0 Å². The fraction of sp³-hybridized carbons (Fsp3) is 0.364. The maximum absolute atomic E-state index is 11.7. The van der Waals surface area contributed by atoms with Crippen molar-refractivity contribution in [1.82, 2.24) is 15.2 Å². The first-order valence-electron chi connectivity index (χ1n) is 5.51. The molecule has 0 spiro atoms. The van der Waals surface area contributed by atoms with E-state index in [0.29, 0.717) is 18.1 Å². The normalized spacial score (nSPS) is 10.4. The molecule has 0 unspecified atom stereocenters. The summed E-state index contributed by atoms with van der Waals surface area (Å²) in [5.41, 5.74) is 0.279. The van der Waals surface area contributed by atoms with Gasteiger partial charge >= 0.3 is 0 Å². The lowest BCUT2D eigenvalue weighted by Crippen LogP contribution is -2.19. The quantitative estimate of drug-likeness (QED) is 0.846. The zero-order valence-corrected chi connectivity index (χ0v) is 10.4. The van der Waals surface area contributed by atoms with Crippen LogP contribution in [0.5, 0.6) is 0 Å². The van der Waals surface area contributed by atoms with Gasteiger partial charge in [-0.1, -0.05) is 13.0 Å². The predicted molar refractivity (Wildman–Crippen MR) is 68.6 cm³/mol. The Morgan fingerprint density at radius 1 is 1.47 bits per heavy atom. The summed E-state index contributed by atoms with van der Waals surface area (Å²) in [5.74, 6) is 0.437. The zero-order chi connectivity index (χ0) is 12.1. The standard InChI is InChI=1S/C11H14N4OS/c1-2-5-12-11-13-10(16)9(14-15-11)7-8-4-3-6-17-8/h3-4,6H,2,5,7H2,1H3,(H2,12,13,15,16). The molecule has 0 aliphatic carbocycles. The average molecular weight is 250 g/mol. The Kier molecular flexibility index (Phi) is 3.87. The van der Waals surface area contributed by atoms with E-state index in [0.717, 1.165) is 17.8 Å². The van der Waals surface area contributed by atoms with Gasteiger partial charge in [0.15, 0.2) is 0 Å². The SMILES string of the molecule is CCCNc1nnc(Cc2cccs2)c(=O)[nH]1. The maximum atomic E-state index is 11.7. The predicted octanol–water partition coefficient (Wildman–Crippen LogP) is 1.64. The number of rotatable bonds is 5. The Labute approximate surface area is 103 Å². The van der Waals surface area contributed by atoms with E-state index in [1.54, 1.807) is 11.3 Å². The molecule has 0 bridgehead atoms. The zero-order valence-electron chi connectivity index (χ0n) is 9.56. The number of hydrogen-bond acceptors (Lipinski definition) is 5. The van der Waals surface area contributed by atoms with E-state index in [1.165, 1.54) is 0 Å². The highest BCUT2D eigenvalue weighted by Crippen LogP contribution is 2.11. The largest absolute Gasteiger partial charge is 0.354 e. The molecule has 2 heterocycles. The van der Waals surface area contributed by atoms with Gasteiger partial charge in [0.25, 0.3) is 5.56 Å². The van der Waals surface area contributed by atoms with E-state index < -0.39 is 0 Å². The van der Waals surface area contributed by atoms with Crippen LogP contribution in [0.25, 0.3) is 0 Å². The highest BCUT2D eigenvalue weighted by atomic mass is 32.1. The minimum atomic E-state index is -0.174. The van der Waals surface area contributed by atoms with Crippen LogP contribution in [0.4, 0.5) is 5.95 Å². The molecule has 2 N–H and O–H groups in total. The van der Waals surface area contributed by atoms with Crippen molar-refractivity contribution < 1.29 is 0 Å². The van der Waals surface area contributed by atoms with E-state index in [-0.39, 0.29) is 5.56 Å². The second kappa shape index (κ2) is 5.58. The van der Waals surface area contributed by atoms with E-state index in [2.05, 4.69) is 20.5 Å². The minimum absolute atomic E-state index is 0.174. The van der Waals surface area contributed by atoms with Crippen LogP contribution in [-0.4, -0.2) is 21.7 Å². The lowest BCUT2D eigenvalue weighted by atomic mass is 10.3. The molecule has 0 amide bonds. The lowest BCUT2D eigenvalue weighted by molar-refractivity contribution is 0.853. The third kappa shape index (κ3) is 3.13. The number of aromatic nitrogens is 3. The molecule has 0 radical (unpaired) electrons. The molecule has 6 heteroatoms. The third-order valence-electron chi connectivity index (χ3n) is 2.23. The van der Waals surface area contributed by atoms with Gasteiger partial charge in [0, 0.05) is 17.8 Å². The van der Waals surface area contributed by atoms with Crippen LogP contribution < -0.4 is 10.9 Å². The second-order valence-corrected chi connectivity index (χ2v) is 4.66. The molecular formula is C11H14N4OS. The Hall–Kier alpha value is -1.69. The molecule has 0 fully saturated rings. The van der Waals surface area contributed by atoms with Gasteiger partial charge in [-0.3, -0.25) is 9.78 Å². The van der Waals surface area contributed by atoms with Crippen molar-refractivity contribution in [2.45, 2.75) is 19.8 Å². The van der Waals surface area contributed by atoms with Crippen molar-refractivity contribution >= 4 is 17.3 Å². The van der Waals surface area contributed by atoms with Crippen molar-refractivity contribution in [3.05, 3.63) is 38.4 Å². The summed E-state index contributed by atoms with van der Waals surface area (Å²) >= 11 is 1.61. The van der Waals surface area contributed by atoms with Crippen LogP contribution in [0.3, 0.4) is 0 Å². The topological polar surface area (TPSA) is 70.7 Å². The van der Waals surface area contributed by atoms with Gasteiger partial charge < -0.3 is 5.32 Å². The monoisotopic (exact) mass is 250 g/mol. The number of H-pyrrole nitrogens is 1. The summed E-state index contributed by atoms with van der Waals surface area (Å²) in [7, 11) is 0. The Morgan fingerprint density at radius 2 is 2.35 bits per heavy atom. The minimum Gasteiger partial charge on any atom is -0.354 e. The molecular weight excluding hydrogens is 236 g/mol. The summed E-state index contributed by atoms with van der Waals surface area (Å²) in [5, 5.41) is 12.9. The fourth-order valence-electron chi connectivity index (χ4n) is 1.38. The van der Waals surface area contributed by atoms with Gasteiger partial charge in [0.1, 0.15) is 5.69 Å². The Bertz CT molecular complexity index is 521. The smallest absolute Gasteiger partial charge is 0.274 e. The number of nitrogens with zero attached hydrogens (tertiary/aromatic N) is 2. The fourth-order valence-corrected chi connectivity index (χ4v) is 2.09. The number of anilines is 1. The van der Waals surface area contributed by atoms with Gasteiger partial charge in [-0.05, 0) is 17.9 Å². The van der Waals surface area contributed by atoms with Crippen LogP contribution in [0.2, 0.25) is 0 Å². The number of nitrogens with one attached hydrogen (secondary N) is 2. The highest BCUT2D eigenvalue weighted by Gasteiger charge is 2.06. The van der Waals surface area contributed by atoms with Crippen LogP contribution in [0.1, 0.15) is 23.9 Å². The molecule has 2 aromatic rings. The summed E-state index contributed by atoms with van der Waals surface area (Å²) in [6, 6.07) is 3.94. The van der Waals surface area contributed by atoms with Crippen LogP contribution >= 0.6 is 11.3 Å². The summed E-state index contributed by atoms with van der Waals surface area (Å²) < 4.78 is 0. The molecule has 0 saturated carbocycles. The van der Waals surface area contributed by atoms with Gasteiger partial charge in [0.05, 0.1) is 0 Å². The van der Waals surface area contributed by atoms with Gasteiger partial charge in [0.2, 0.25) is 5.95 Å². The molecule has 2 rings (SSSR count). The number of thiophene rings is 1. The maximum Gasteiger partial charge on any atom is 0.274 e. The van der Waals surface area contributed by atoms with Crippen LogP contribution in [0.15, 0.2) is 22.3 Å². The third-order valence-corrected chi connectivity index (χ3v) is 3.11. The molecule has 2 aromatic heterocycles. The van der Waals surface area contributed by atoms with Gasteiger partial charge in [-0.25, -0.2) is 0 Å². The van der Waals surface area contributed by atoms with Crippen molar-refractivity contribution in [1.29, 1.82) is 0 Å². The second-order valence-electron chi connectivity index (χ2n) is 3.63. The van der Waals surface area contributed by atoms with Crippen molar-refractivity contribution in [3.8, 4) is 0 Å². The molecule has 0 aliphatic heterocycles. The lowest BCUT2D eigenvalue weighted by Gasteiger charge is -2.02. The van der Waals surface area contributed by atoms with E-state index in [9.17, 15) is 4.79 Å². The summed E-state index contributed by atoms with van der Waals surface area (Å²) in [4.78, 5) is 15.5.